The maximum absolute atomic E-state index is 4.50. The zero-order valence-electron chi connectivity index (χ0n) is 33.0. The molecule has 4 nitrogen and oxygen atoms in total. The number of benzene rings is 8. The fraction of sp³-hybridized carbons (Fsp3) is 0. The van der Waals surface area contributed by atoms with Gasteiger partial charge < -0.3 is 9.80 Å². The molecular weight excluding hydrogens is 729 g/mol. The second kappa shape index (κ2) is 18.0. The second-order valence-electron chi connectivity index (χ2n) is 14.4. The minimum absolute atomic E-state index is 0.850. The molecule has 0 saturated heterocycles. The van der Waals surface area contributed by atoms with E-state index in [4.69, 9.17) is 0 Å². The van der Waals surface area contributed by atoms with E-state index >= 15 is 0 Å². The Hall–Kier alpha value is -8.08. The summed E-state index contributed by atoms with van der Waals surface area (Å²) in [6, 6.07) is 78.6. The summed E-state index contributed by atoms with van der Waals surface area (Å²) in [5.74, 6) is 0. The molecular formula is C56H42N4. The first-order chi connectivity index (χ1) is 29.7. The Morgan fingerprint density at radius 2 is 0.533 bits per heavy atom. The predicted octanol–water partition coefficient (Wildman–Crippen LogP) is 15.1. The molecule has 9 aromatic rings. The average Bonchev–Trinajstić information content (AvgIpc) is 3.33. The highest BCUT2D eigenvalue weighted by molar-refractivity contribution is 5.81. The van der Waals surface area contributed by atoms with Crippen molar-refractivity contribution < 1.29 is 0 Å². The van der Waals surface area contributed by atoms with E-state index in [0.29, 0.717) is 0 Å². The molecule has 0 radical (unpaired) electrons. The van der Waals surface area contributed by atoms with Gasteiger partial charge in [0.1, 0.15) is 6.33 Å². The number of para-hydroxylation sites is 4. The monoisotopic (exact) mass is 770 g/mol. The molecule has 0 amide bonds. The molecule has 4 heteroatoms. The number of aromatic nitrogens is 2. The summed E-state index contributed by atoms with van der Waals surface area (Å²) in [6.45, 7) is 0. The Bertz CT molecular complexity index is 2530. The van der Waals surface area contributed by atoms with Crippen LogP contribution >= 0.6 is 0 Å². The smallest absolute Gasteiger partial charge is 0.116 e. The molecule has 0 saturated carbocycles. The van der Waals surface area contributed by atoms with Crippen molar-refractivity contribution in [3.8, 4) is 22.3 Å². The van der Waals surface area contributed by atoms with Crippen LogP contribution in [0.5, 0.6) is 0 Å². The van der Waals surface area contributed by atoms with E-state index in [1.54, 1.807) is 6.33 Å². The fourth-order valence-electron chi connectivity index (χ4n) is 7.32. The predicted molar refractivity (Wildman–Crippen MR) is 253 cm³/mol. The van der Waals surface area contributed by atoms with Crippen molar-refractivity contribution in [3.63, 3.8) is 0 Å². The zero-order chi connectivity index (χ0) is 40.4. The van der Waals surface area contributed by atoms with E-state index in [2.05, 4.69) is 226 Å². The van der Waals surface area contributed by atoms with Crippen molar-refractivity contribution in [3.05, 3.63) is 253 Å². The minimum atomic E-state index is 0.850. The van der Waals surface area contributed by atoms with Crippen LogP contribution in [0.4, 0.5) is 34.1 Å². The van der Waals surface area contributed by atoms with Gasteiger partial charge in [0, 0.05) is 34.1 Å². The average molecular weight is 771 g/mol. The van der Waals surface area contributed by atoms with Gasteiger partial charge in [0.25, 0.3) is 0 Å². The first-order valence-corrected chi connectivity index (χ1v) is 20.1. The summed E-state index contributed by atoms with van der Waals surface area (Å²) in [7, 11) is 0. The molecule has 286 valence electrons. The largest absolute Gasteiger partial charge is 0.311 e. The molecule has 0 aliphatic rings. The lowest BCUT2D eigenvalue weighted by Crippen LogP contribution is -2.09. The third kappa shape index (κ3) is 8.89. The molecule has 0 aliphatic heterocycles. The molecule has 60 heavy (non-hydrogen) atoms. The van der Waals surface area contributed by atoms with Gasteiger partial charge in [-0.2, -0.15) is 0 Å². The number of hydrogen-bond donors (Lipinski definition) is 0. The molecule has 0 N–H and O–H groups in total. The van der Waals surface area contributed by atoms with Crippen molar-refractivity contribution in [2.45, 2.75) is 0 Å². The van der Waals surface area contributed by atoms with E-state index in [9.17, 15) is 0 Å². The van der Waals surface area contributed by atoms with Crippen molar-refractivity contribution in [2.75, 3.05) is 9.80 Å². The lowest BCUT2D eigenvalue weighted by atomic mass is 10.0. The van der Waals surface area contributed by atoms with E-state index in [0.717, 1.165) is 56.6 Å². The summed E-state index contributed by atoms with van der Waals surface area (Å²) >= 11 is 0. The van der Waals surface area contributed by atoms with E-state index in [1.165, 1.54) is 22.3 Å². The van der Waals surface area contributed by atoms with Gasteiger partial charge in [-0.3, -0.25) is 0 Å². The summed E-state index contributed by atoms with van der Waals surface area (Å²) in [6.07, 6.45) is 9.86. The van der Waals surface area contributed by atoms with Gasteiger partial charge in [-0.15, -0.1) is 0 Å². The van der Waals surface area contributed by atoms with E-state index < -0.39 is 0 Å². The molecule has 0 bridgehead atoms. The Kier molecular flexibility index (Phi) is 11.3. The Balaban J connectivity index is 0.834. The summed E-state index contributed by atoms with van der Waals surface area (Å²) in [5, 5.41) is 0. The molecule has 8 aromatic carbocycles. The summed E-state index contributed by atoms with van der Waals surface area (Å²) in [5.41, 5.74) is 15.3. The SMILES string of the molecule is C(=C\c1cc(/C=C/c2ccc(-c3ccc(N(c4ccccc4)c4ccccc4)cc3)cc2)ncn1)/c1ccc(-c2ccc(N(c3ccccc3)c3ccccc3)cc2)cc1. The molecule has 0 fully saturated rings. The quantitative estimate of drug-likeness (QED) is 0.124. The number of anilines is 6. The third-order valence-corrected chi connectivity index (χ3v) is 10.4. The van der Waals surface area contributed by atoms with Gasteiger partial charge in [0.05, 0.1) is 11.4 Å². The van der Waals surface area contributed by atoms with Crippen molar-refractivity contribution in [2.24, 2.45) is 0 Å². The first kappa shape index (κ1) is 37.5. The van der Waals surface area contributed by atoms with Crippen LogP contribution in [-0.4, -0.2) is 9.97 Å². The van der Waals surface area contributed by atoms with Crippen molar-refractivity contribution >= 4 is 58.4 Å². The maximum atomic E-state index is 4.50. The molecule has 0 aliphatic carbocycles. The molecule has 1 aromatic heterocycles. The van der Waals surface area contributed by atoms with Gasteiger partial charge in [-0.05, 0) is 124 Å². The van der Waals surface area contributed by atoms with Crippen LogP contribution in [0.1, 0.15) is 22.5 Å². The van der Waals surface area contributed by atoms with E-state index in [-0.39, 0.29) is 0 Å². The maximum Gasteiger partial charge on any atom is 0.116 e. The normalized spacial score (nSPS) is 11.2. The van der Waals surface area contributed by atoms with Gasteiger partial charge >= 0.3 is 0 Å². The van der Waals surface area contributed by atoms with Crippen LogP contribution in [0, 0.1) is 0 Å². The Morgan fingerprint density at radius 3 is 0.833 bits per heavy atom. The first-order valence-electron chi connectivity index (χ1n) is 20.1. The Labute approximate surface area is 352 Å². The number of hydrogen-bond acceptors (Lipinski definition) is 4. The van der Waals surface area contributed by atoms with Gasteiger partial charge in [-0.1, -0.05) is 158 Å². The van der Waals surface area contributed by atoms with Gasteiger partial charge in [0.2, 0.25) is 0 Å². The van der Waals surface area contributed by atoms with Crippen molar-refractivity contribution in [1.82, 2.24) is 9.97 Å². The topological polar surface area (TPSA) is 32.3 Å². The van der Waals surface area contributed by atoms with Crippen molar-refractivity contribution in [1.29, 1.82) is 0 Å². The van der Waals surface area contributed by atoms with Crippen LogP contribution in [-0.2, 0) is 0 Å². The number of nitrogens with zero attached hydrogens (tertiary/aromatic N) is 4. The molecule has 1 heterocycles. The van der Waals surface area contributed by atoms with E-state index in [1.807, 2.05) is 42.5 Å². The summed E-state index contributed by atoms with van der Waals surface area (Å²) in [4.78, 5) is 13.5. The standard InChI is InChI=1S/C56H42N4/c1-5-13-51(14-6-1)59(52-15-7-2-8-16-52)55-37-31-47(32-38-55)45-27-21-43(22-28-45)25-35-49-41-50(58-42-57-49)36-26-44-23-29-46(30-24-44)48-33-39-56(40-34-48)60(53-17-9-3-10-18-53)54-19-11-4-12-20-54/h1-42H/b35-25+,36-26+. The highest BCUT2D eigenvalue weighted by Gasteiger charge is 2.13. The van der Waals surface area contributed by atoms with Gasteiger partial charge in [-0.25, -0.2) is 9.97 Å². The number of rotatable bonds is 12. The fourth-order valence-corrected chi connectivity index (χ4v) is 7.32. The van der Waals surface area contributed by atoms with Crippen LogP contribution in [0.3, 0.4) is 0 Å². The van der Waals surface area contributed by atoms with Crippen LogP contribution in [0.15, 0.2) is 231 Å². The minimum Gasteiger partial charge on any atom is -0.311 e. The lowest BCUT2D eigenvalue weighted by molar-refractivity contribution is 1.14. The lowest BCUT2D eigenvalue weighted by Gasteiger charge is -2.25. The Morgan fingerprint density at radius 1 is 0.267 bits per heavy atom. The molecule has 9 rings (SSSR count). The molecule has 0 spiro atoms. The van der Waals surface area contributed by atoms with Crippen LogP contribution in [0.2, 0.25) is 0 Å². The van der Waals surface area contributed by atoms with Crippen LogP contribution < -0.4 is 9.80 Å². The molecule has 0 atom stereocenters. The highest BCUT2D eigenvalue weighted by Crippen LogP contribution is 2.37. The highest BCUT2D eigenvalue weighted by atomic mass is 15.1. The third-order valence-electron chi connectivity index (χ3n) is 10.4. The second-order valence-corrected chi connectivity index (χ2v) is 14.4. The zero-order valence-corrected chi connectivity index (χ0v) is 33.0. The van der Waals surface area contributed by atoms with Gasteiger partial charge in [0.15, 0.2) is 0 Å². The molecule has 0 unspecified atom stereocenters. The van der Waals surface area contributed by atoms with Crippen LogP contribution in [0.25, 0.3) is 46.6 Å². The summed E-state index contributed by atoms with van der Waals surface area (Å²) < 4.78 is 0.